The van der Waals surface area contributed by atoms with E-state index in [9.17, 15) is 13.6 Å². The van der Waals surface area contributed by atoms with Crippen LogP contribution >= 0.6 is 0 Å². The fraction of sp³-hybridized carbons (Fsp3) is 0. The minimum absolute atomic E-state index is 0.403. The van der Waals surface area contributed by atoms with Gasteiger partial charge in [-0.15, -0.1) is 0 Å². The highest BCUT2D eigenvalue weighted by molar-refractivity contribution is 6.08. The molecule has 5 heteroatoms. The number of amides is 1. The number of carbonyl (C=O) groups excluding carboxylic acids is 1. The van der Waals surface area contributed by atoms with Crippen LogP contribution in [0.3, 0.4) is 0 Å². The Hall–Kier alpha value is -2.82. The summed E-state index contributed by atoms with van der Waals surface area (Å²) in [6, 6.07) is 12.1. The molecule has 0 aliphatic carbocycles. The molecule has 3 nitrogen and oxygen atoms in total. The maximum atomic E-state index is 13.6. The zero-order chi connectivity index (χ0) is 14.8. The molecule has 0 spiro atoms. The lowest BCUT2D eigenvalue weighted by Gasteiger charge is -2.09. The summed E-state index contributed by atoms with van der Waals surface area (Å²) >= 11 is 0. The van der Waals surface area contributed by atoms with Crippen LogP contribution in [0, 0.1) is 11.6 Å². The maximum Gasteiger partial charge on any atom is 0.261 e. The number of hydrogen-bond acceptors (Lipinski definition) is 2. The Labute approximate surface area is 119 Å². The molecule has 0 unspecified atom stereocenters. The van der Waals surface area contributed by atoms with E-state index in [0.717, 1.165) is 17.5 Å². The number of pyridine rings is 1. The number of carbonyl (C=O) groups is 1. The first kappa shape index (κ1) is 13.2. The first-order valence-electron chi connectivity index (χ1n) is 6.26. The number of halogens is 2. The average Bonchev–Trinajstić information content (AvgIpc) is 2.47. The SMILES string of the molecule is O=C(Nc1cccc2cccnc12)c1c(F)cccc1F. The van der Waals surface area contributed by atoms with Crippen LogP contribution in [0.1, 0.15) is 10.4 Å². The van der Waals surface area contributed by atoms with E-state index in [1.54, 1.807) is 24.4 Å². The number of fused-ring (bicyclic) bond motifs is 1. The molecule has 3 rings (SSSR count). The Kier molecular flexibility index (Phi) is 3.31. The lowest BCUT2D eigenvalue weighted by Crippen LogP contribution is -2.16. The fourth-order valence-corrected chi connectivity index (χ4v) is 2.10. The van der Waals surface area contributed by atoms with Crippen LogP contribution in [0.25, 0.3) is 10.9 Å². The standard InChI is InChI=1S/C16H10F2N2O/c17-11-6-2-7-12(18)14(11)16(21)20-13-8-1-4-10-5-3-9-19-15(10)13/h1-9H,(H,20,21). The van der Waals surface area contributed by atoms with Crippen molar-refractivity contribution in [3.05, 3.63) is 71.9 Å². The average molecular weight is 284 g/mol. The molecule has 1 aromatic heterocycles. The Balaban J connectivity index is 2.01. The first-order valence-corrected chi connectivity index (χ1v) is 6.26. The zero-order valence-corrected chi connectivity index (χ0v) is 10.8. The molecule has 0 saturated heterocycles. The van der Waals surface area contributed by atoms with Gasteiger partial charge in [0.15, 0.2) is 0 Å². The van der Waals surface area contributed by atoms with Gasteiger partial charge in [-0.2, -0.15) is 0 Å². The second-order valence-corrected chi connectivity index (χ2v) is 4.43. The number of hydrogen-bond donors (Lipinski definition) is 1. The molecule has 0 aliphatic rings. The summed E-state index contributed by atoms with van der Waals surface area (Å²) in [4.78, 5) is 16.3. The van der Waals surface area contributed by atoms with Gasteiger partial charge >= 0.3 is 0 Å². The maximum absolute atomic E-state index is 13.6. The smallest absolute Gasteiger partial charge is 0.261 e. The van der Waals surface area contributed by atoms with Crippen molar-refractivity contribution < 1.29 is 13.6 Å². The van der Waals surface area contributed by atoms with E-state index >= 15 is 0 Å². The third-order valence-electron chi connectivity index (χ3n) is 3.07. The quantitative estimate of drug-likeness (QED) is 0.778. The van der Waals surface area contributed by atoms with Gasteiger partial charge in [-0.1, -0.05) is 24.3 Å². The third-order valence-corrected chi connectivity index (χ3v) is 3.07. The van der Waals surface area contributed by atoms with E-state index in [1.807, 2.05) is 12.1 Å². The molecule has 2 aromatic carbocycles. The van der Waals surface area contributed by atoms with Crippen molar-refractivity contribution >= 4 is 22.5 Å². The molecule has 0 atom stereocenters. The predicted molar refractivity (Wildman–Crippen MR) is 76.1 cm³/mol. The summed E-state index contributed by atoms with van der Waals surface area (Å²) in [7, 11) is 0. The van der Waals surface area contributed by atoms with Gasteiger partial charge in [0.2, 0.25) is 0 Å². The highest BCUT2D eigenvalue weighted by Crippen LogP contribution is 2.22. The summed E-state index contributed by atoms with van der Waals surface area (Å²) in [5.74, 6) is -2.65. The van der Waals surface area contributed by atoms with E-state index in [-0.39, 0.29) is 0 Å². The highest BCUT2D eigenvalue weighted by atomic mass is 19.1. The Morgan fingerprint density at radius 2 is 1.62 bits per heavy atom. The molecule has 0 radical (unpaired) electrons. The van der Waals surface area contributed by atoms with Crippen LogP contribution in [0.15, 0.2) is 54.7 Å². The zero-order valence-electron chi connectivity index (χ0n) is 10.8. The van der Waals surface area contributed by atoms with Crippen molar-refractivity contribution in [3.63, 3.8) is 0 Å². The van der Waals surface area contributed by atoms with Crippen molar-refractivity contribution in [2.45, 2.75) is 0 Å². The van der Waals surface area contributed by atoms with Gasteiger partial charge in [0.05, 0.1) is 11.2 Å². The molecule has 1 N–H and O–H groups in total. The van der Waals surface area contributed by atoms with E-state index in [0.29, 0.717) is 11.2 Å². The molecule has 104 valence electrons. The lowest BCUT2D eigenvalue weighted by molar-refractivity contribution is 0.101. The summed E-state index contributed by atoms with van der Waals surface area (Å²) in [6.45, 7) is 0. The molecule has 3 aromatic rings. The van der Waals surface area contributed by atoms with Gasteiger partial charge in [0, 0.05) is 11.6 Å². The number of rotatable bonds is 2. The second-order valence-electron chi connectivity index (χ2n) is 4.43. The van der Waals surface area contributed by atoms with Gasteiger partial charge in [-0.25, -0.2) is 8.78 Å². The molecular formula is C16H10F2N2O. The minimum atomic E-state index is -0.902. The molecule has 1 heterocycles. The number of anilines is 1. The van der Waals surface area contributed by atoms with Crippen molar-refractivity contribution in [3.8, 4) is 0 Å². The van der Waals surface area contributed by atoms with Crippen molar-refractivity contribution in [1.82, 2.24) is 4.98 Å². The van der Waals surface area contributed by atoms with Crippen LogP contribution in [0.4, 0.5) is 14.5 Å². The van der Waals surface area contributed by atoms with E-state index in [4.69, 9.17) is 0 Å². The number of aromatic nitrogens is 1. The number of nitrogens with zero attached hydrogens (tertiary/aromatic N) is 1. The molecule has 0 fully saturated rings. The summed E-state index contributed by atoms with van der Waals surface area (Å²) in [6.07, 6.45) is 1.58. The molecule has 21 heavy (non-hydrogen) atoms. The Morgan fingerprint density at radius 1 is 0.952 bits per heavy atom. The van der Waals surface area contributed by atoms with Crippen LogP contribution < -0.4 is 5.32 Å². The molecule has 1 amide bonds. The van der Waals surface area contributed by atoms with E-state index < -0.39 is 23.1 Å². The Morgan fingerprint density at radius 3 is 2.38 bits per heavy atom. The van der Waals surface area contributed by atoms with Gasteiger partial charge in [0.25, 0.3) is 5.91 Å². The summed E-state index contributed by atoms with van der Waals surface area (Å²) in [5, 5.41) is 3.32. The number of para-hydroxylation sites is 1. The van der Waals surface area contributed by atoms with Gasteiger partial charge in [0.1, 0.15) is 17.2 Å². The van der Waals surface area contributed by atoms with E-state index in [1.165, 1.54) is 6.07 Å². The highest BCUT2D eigenvalue weighted by Gasteiger charge is 2.17. The van der Waals surface area contributed by atoms with Crippen molar-refractivity contribution in [2.75, 3.05) is 5.32 Å². The third kappa shape index (κ3) is 2.45. The van der Waals surface area contributed by atoms with Crippen LogP contribution in [-0.4, -0.2) is 10.9 Å². The van der Waals surface area contributed by atoms with Gasteiger partial charge in [-0.3, -0.25) is 9.78 Å². The lowest BCUT2D eigenvalue weighted by atomic mass is 10.1. The van der Waals surface area contributed by atoms with Gasteiger partial charge < -0.3 is 5.32 Å². The monoisotopic (exact) mass is 284 g/mol. The van der Waals surface area contributed by atoms with Crippen LogP contribution in [0.2, 0.25) is 0 Å². The van der Waals surface area contributed by atoms with Crippen LogP contribution in [-0.2, 0) is 0 Å². The summed E-state index contributed by atoms with van der Waals surface area (Å²) in [5.41, 5.74) is 0.358. The second kappa shape index (κ2) is 5.28. The van der Waals surface area contributed by atoms with Crippen molar-refractivity contribution in [2.24, 2.45) is 0 Å². The van der Waals surface area contributed by atoms with Crippen molar-refractivity contribution in [1.29, 1.82) is 0 Å². The largest absolute Gasteiger partial charge is 0.320 e. The Bertz CT molecular complexity index is 808. The van der Waals surface area contributed by atoms with E-state index in [2.05, 4.69) is 10.3 Å². The minimum Gasteiger partial charge on any atom is -0.320 e. The summed E-state index contributed by atoms with van der Waals surface area (Å²) < 4.78 is 27.2. The molecule has 0 aliphatic heterocycles. The molecule has 0 saturated carbocycles. The van der Waals surface area contributed by atoms with Gasteiger partial charge in [-0.05, 0) is 24.3 Å². The topological polar surface area (TPSA) is 42.0 Å². The number of nitrogens with one attached hydrogen (secondary N) is 1. The van der Waals surface area contributed by atoms with Crippen LogP contribution in [0.5, 0.6) is 0 Å². The molecule has 0 bridgehead atoms. The predicted octanol–water partition coefficient (Wildman–Crippen LogP) is 3.77. The fourth-order valence-electron chi connectivity index (χ4n) is 2.10. The first-order chi connectivity index (χ1) is 10.2. The number of benzene rings is 2. The molecular weight excluding hydrogens is 274 g/mol. The normalized spacial score (nSPS) is 10.6.